The second kappa shape index (κ2) is 5.39. The number of nitriles is 1. The SMILES string of the molecule is CON=Cc1cc(C#N)c(-c2ccc(Cl)cc2)[nH]1. The molecule has 2 aromatic rings. The number of nitrogens with one attached hydrogen (secondary N) is 1. The maximum atomic E-state index is 9.10. The van der Waals surface area contributed by atoms with Crippen molar-refractivity contribution in [1.82, 2.24) is 4.98 Å². The van der Waals surface area contributed by atoms with Crippen LogP contribution in [-0.4, -0.2) is 18.3 Å². The molecule has 18 heavy (non-hydrogen) atoms. The zero-order chi connectivity index (χ0) is 13.0. The third-order valence-electron chi connectivity index (χ3n) is 2.39. The van der Waals surface area contributed by atoms with Crippen LogP contribution in [0.4, 0.5) is 0 Å². The first-order valence-electron chi connectivity index (χ1n) is 5.20. The lowest BCUT2D eigenvalue weighted by atomic mass is 10.1. The van der Waals surface area contributed by atoms with E-state index in [0.717, 1.165) is 11.3 Å². The highest BCUT2D eigenvalue weighted by Crippen LogP contribution is 2.24. The van der Waals surface area contributed by atoms with Crippen molar-refractivity contribution in [2.75, 3.05) is 7.11 Å². The van der Waals surface area contributed by atoms with Gasteiger partial charge in [-0.05, 0) is 23.8 Å². The lowest BCUT2D eigenvalue weighted by Gasteiger charge is -1.99. The van der Waals surface area contributed by atoms with Gasteiger partial charge in [-0.1, -0.05) is 28.9 Å². The standard InChI is InChI=1S/C13H10ClN3O/c1-18-16-8-12-6-10(7-15)13(17-12)9-2-4-11(14)5-3-9/h2-6,8,17H,1H3. The molecule has 0 saturated carbocycles. The number of aromatic nitrogens is 1. The molecule has 90 valence electrons. The smallest absolute Gasteiger partial charge is 0.106 e. The summed E-state index contributed by atoms with van der Waals surface area (Å²) in [6.45, 7) is 0. The second-order valence-corrected chi connectivity index (χ2v) is 3.99. The first-order valence-corrected chi connectivity index (χ1v) is 5.58. The molecule has 1 heterocycles. The Labute approximate surface area is 109 Å². The minimum atomic E-state index is 0.551. The van der Waals surface area contributed by atoms with Gasteiger partial charge in [0, 0.05) is 5.02 Å². The first kappa shape index (κ1) is 12.2. The van der Waals surface area contributed by atoms with E-state index in [9.17, 15) is 0 Å². The lowest BCUT2D eigenvalue weighted by Crippen LogP contribution is -1.83. The summed E-state index contributed by atoms with van der Waals surface area (Å²) in [5, 5.41) is 13.4. The number of halogens is 1. The van der Waals surface area contributed by atoms with Gasteiger partial charge in [-0.2, -0.15) is 5.26 Å². The highest BCUT2D eigenvalue weighted by atomic mass is 35.5. The van der Waals surface area contributed by atoms with Gasteiger partial charge in [-0.15, -0.1) is 0 Å². The summed E-state index contributed by atoms with van der Waals surface area (Å²) in [6.07, 6.45) is 1.51. The first-order chi connectivity index (χ1) is 8.74. The largest absolute Gasteiger partial charge is 0.399 e. The molecule has 0 saturated heterocycles. The molecule has 0 fully saturated rings. The lowest BCUT2D eigenvalue weighted by molar-refractivity contribution is 0.215. The fourth-order valence-corrected chi connectivity index (χ4v) is 1.71. The summed E-state index contributed by atoms with van der Waals surface area (Å²) in [4.78, 5) is 7.71. The highest BCUT2D eigenvalue weighted by Gasteiger charge is 2.09. The van der Waals surface area contributed by atoms with Gasteiger partial charge in [0.05, 0.1) is 23.2 Å². The normalized spacial score (nSPS) is 10.5. The summed E-state index contributed by atoms with van der Waals surface area (Å²) in [5.41, 5.74) is 2.90. The number of aromatic amines is 1. The molecule has 0 unspecified atom stereocenters. The second-order valence-electron chi connectivity index (χ2n) is 3.55. The molecule has 0 aliphatic heterocycles. The third kappa shape index (κ3) is 2.53. The van der Waals surface area contributed by atoms with Crippen molar-refractivity contribution < 1.29 is 4.84 Å². The maximum absolute atomic E-state index is 9.10. The van der Waals surface area contributed by atoms with Crippen LogP contribution >= 0.6 is 11.6 Å². The number of rotatable bonds is 3. The van der Waals surface area contributed by atoms with Crippen molar-refractivity contribution in [3.05, 3.63) is 46.6 Å². The van der Waals surface area contributed by atoms with Gasteiger partial charge >= 0.3 is 0 Å². The van der Waals surface area contributed by atoms with E-state index in [0.29, 0.717) is 16.3 Å². The van der Waals surface area contributed by atoms with Crippen molar-refractivity contribution in [3.8, 4) is 17.3 Å². The molecule has 0 aliphatic carbocycles. The molecule has 0 atom stereocenters. The molecule has 0 spiro atoms. The molecule has 1 aromatic carbocycles. The van der Waals surface area contributed by atoms with Crippen molar-refractivity contribution in [1.29, 1.82) is 5.26 Å². The Kier molecular flexibility index (Phi) is 3.66. The van der Waals surface area contributed by atoms with Crippen LogP contribution in [0.5, 0.6) is 0 Å². The summed E-state index contributed by atoms with van der Waals surface area (Å²) in [6, 6.07) is 11.1. The fourth-order valence-electron chi connectivity index (χ4n) is 1.59. The number of H-pyrrole nitrogens is 1. The van der Waals surface area contributed by atoms with Gasteiger partial charge in [-0.25, -0.2) is 0 Å². The van der Waals surface area contributed by atoms with Crippen LogP contribution in [0.2, 0.25) is 5.02 Å². The van der Waals surface area contributed by atoms with Gasteiger partial charge in [0.15, 0.2) is 0 Å². The van der Waals surface area contributed by atoms with E-state index in [1.54, 1.807) is 18.2 Å². The summed E-state index contributed by atoms with van der Waals surface area (Å²) in [5.74, 6) is 0. The maximum Gasteiger partial charge on any atom is 0.106 e. The van der Waals surface area contributed by atoms with Gasteiger partial charge in [0.2, 0.25) is 0 Å². The molecule has 0 bridgehead atoms. The van der Waals surface area contributed by atoms with Crippen LogP contribution < -0.4 is 0 Å². The number of benzene rings is 1. The molecule has 0 radical (unpaired) electrons. The number of hydrogen-bond acceptors (Lipinski definition) is 3. The zero-order valence-electron chi connectivity index (χ0n) is 9.64. The van der Waals surface area contributed by atoms with Crippen LogP contribution in [0.15, 0.2) is 35.5 Å². The van der Waals surface area contributed by atoms with E-state index in [1.807, 2.05) is 12.1 Å². The Morgan fingerprint density at radius 2 is 2.11 bits per heavy atom. The average molecular weight is 260 g/mol. The van der Waals surface area contributed by atoms with Crippen LogP contribution in [0.1, 0.15) is 11.3 Å². The minimum absolute atomic E-state index is 0.551. The van der Waals surface area contributed by atoms with Crippen LogP contribution in [0, 0.1) is 11.3 Å². The van der Waals surface area contributed by atoms with E-state index >= 15 is 0 Å². The molecule has 1 aromatic heterocycles. The molecular formula is C13H10ClN3O. The molecule has 0 amide bonds. The Hall–Kier alpha value is -2.25. The predicted octanol–water partition coefficient (Wildman–Crippen LogP) is 3.19. The summed E-state index contributed by atoms with van der Waals surface area (Å²) in [7, 11) is 1.46. The van der Waals surface area contributed by atoms with E-state index < -0.39 is 0 Å². The van der Waals surface area contributed by atoms with E-state index in [4.69, 9.17) is 16.9 Å². The van der Waals surface area contributed by atoms with Gasteiger partial charge < -0.3 is 9.82 Å². The van der Waals surface area contributed by atoms with Gasteiger partial charge in [0.1, 0.15) is 13.2 Å². The predicted molar refractivity (Wildman–Crippen MR) is 70.6 cm³/mol. The Bertz CT molecular complexity index is 608. The highest BCUT2D eigenvalue weighted by molar-refractivity contribution is 6.30. The Morgan fingerprint density at radius 1 is 1.39 bits per heavy atom. The van der Waals surface area contributed by atoms with Crippen LogP contribution in [0.25, 0.3) is 11.3 Å². The van der Waals surface area contributed by atoms with Crippen LogP contribution in [0.3, 0.4) is 0 Å². The number of oxime groups is 1. The molecular weight excluding hydrogens is 250 g/mol. The van der Waals surface area contributed by atoms with Gasteiger partial charge in [-0.3, -0.25) is 0 Å². The Morgan fingerprint density at radius 3 is 2.72 bits per heavy atom. The van der Waals surface area contributed by atoms with E-state index in [2.05, 4.69) is 21.0 Å². The molecule has 0 aliphatic rings. The van der Waals surface area contributed by atoms with E-state index in [-0.39, 0.29) is 0 Å². The van der Waals surface area contributed by atoms with Crippen LogP contribution in [-0.2, 0) is 4.84 Å². The third-order valence-corrected chi connectivity index (χ3v) is 2.64. The van der Waals surface area contributed by atoms with Gasteiger partial charge in [0.25, 0.3) is 0 Å². The number of hydrogen-bond donors (Lipinski definition) is 1. The molecule has 2 rings (SSSR count). The minimum Gasteiger partial charge on any atom is -0.399 e. The molecule has 5 heteroatoms. The van der Waals surface area contributed by atoms with Crippen molar-refractivity contribution in [2.45, 2.75) is 0 Å². The molecule has 4 nitrogen and oxygen atoms in total. The fraction of sp³-hybridized carbons (Fsp3) is 0.0769. The topological polar surface area (TPSA) is 61.2 Å². The van der Waals surface area contributed by atoms with Crippen molar-refractivity contribution in [2.24, 2.45) is 5.16 Å². The zero-order valence-corrected chi connectivity index (χ0v) is 10.4. The quantitative estimate of drug-likeness (QED) is 0.680. The number of nitrogens with zero attached hydrogens (tertiary/aromatic N) is 2. The van der Waals surface area contributed by atoms with Crippen molar-refractivity contribution in [3.63, 3.8) is 0 Å². The monoisotopic (exact) mass is 259 g/mol. The Balaban J connectivity index is 2.44. The average Bonchev–Trinajstić information content (AvgIpc) is 2.80. The summed E-state index contributed by atoms with van der Waals surface area (Å²) < 4.78 is 0. The molecule has 1 N–H and O–H groups in total. The summed E-state index contributed by atoms with van der Waals surface area (Å²) >= 11 is 5.83. The van der Waals surface area contributed by atoms with Crippen molar-refractivity contribution >= 4 is 17.8 Å². The van der Waals surface area contributed by atoms with E-state index in [1.165, 1.54) is 13.3 Å².